The molecule has 1 aromatic carbocycles. The van der Waals surface area contributed by atoms with Gasteiger partial charge in [0.05, 0.1) is 19.8 Å². The Kier molecular flexibility index (Phi) is 5.45. The van der Waals surface area contributed by atoms with E-state index in [0.717, 1.165) is 32.7 Å². The van der Waals surface area contributed by atoms with Crippen molar-refractivity contribution in [2.75, 3.05) is 57.4 Å². The predicted molar refractivity (Wildman–Crippen MR) is 73.0 cm³/mol. The maximum Gasteiger partial charge on any atom is 0.0698 e. The lowest BCUT2D eigenvalue weighted by Gasteiger charge is -2.36. The van der Waals surface area contributed by atoms with Gasteiger partial charge < -0.3 is 14.7 Å². The number of piperazine rings is 1. The van der Waals surface area contributed by atoms with Gasteiger partial charge in [-0.05, 0) is 12.1 Å². The second-order valence-electron chi connectivity index (χ2n) is 4.50. The lowest BCUT2D eigenvalue weighted by atomic mass is 10.2. The van der Waals surface area contributed by atoms with Crippen LogP contribution in [0.4, 0.5) is 5.69 Å². The smallest absolute Gasteiger partial charge is 0.0698 e. The summed E-state index contributed by atoms with van der Waals surface area (Å²) in [7, 11) is 0. The minimum absolute atomic E-state index is 0.113. The Bertz CT molecular complexity index is 324. The van der Waals surface area contributed by atoms with Gasteiger partial charge >= 0.3 is 0 Å². The van der Waals surface area contributed by atoms with Crippen molar-refractivity contribution in [3.63, 3.8) is 0 Å². The number of hydrogen-bond acceptors (Lipinski definition) is 4. The van der Waals surface area contributed by atoms with Crippen LogP contribution in [0.1, 0.15) is 0 Å². The number of benzene rings is 1. The van der Waals surface area contributed by atoms with Gasteiger partial charge in [-0.2, -0.15) is 0 Å². The van der Waals surface area contributed by atoms with Crippen molar-refractivity contribution in [2.24, 2.45) is 0 Å². The lowest BCUT2D eigenvalue weighted by molar-refractivity contribution is 0.0724. The van der Waals surface area contributed by atoms with Gasteiger partial charge in [0, 0.05) is 38.4 Å². The molecule has 4 heteroatoms. The first-order valence-electron chi connectivity index (χ1n) is 6.61. The quantitative estimate of drug-likeness (QED) is 0.758. The second kappa shape index (κ2) is 7.36. The summed E-state index contributed by atoms with van der Waals surface area (Å²) < 4.78 is 5.29. The number of para-hydroxylation sites is 1. The van der Waals surface area contributed by atoms with E-state index >= 15 is 0 Å². The van der Waals surface area contributed by atoms with E-state index in [0.29, 0.717) is 13.2 Å². The molecule has 1 fully saturated rings. The third kappa shape index (κ3) is 3.98. The Hall–Kier alpha value is -1.10. The number of rotatable bonds is 6. The molecule has 0 spiro atoms. The van der Waals surface area contributed by atoms with Crippen LogP contribution in [0.3, 0.4) is 0 Å². The topological polar surface area (TPSA) is 35.9 Å². The van der Waals surface area contributed by atoms with Crippen molar-refractivity contribution in [3.8, 4) is 0 Å². The molecular weight excluding hydrogens is 228 g/mol. The molecule has 1 aliphatic rings. The molecule has 1 N–H and O–H groups in total. The van der Waals surface area contributed by atoms with Crippen molar-refractivity contribution >= 4 is 5.69 Å². The van der Waals surface area contributed by atoms with Crippen LogP contribution in [0.25, 0.3) is 0 Å². The molecule has 0 aromatic heterocycles. The van der Waals surface area contributed by atoms with E-state index < -0.39 is 0 Å². The second-order valence-corrected chi connectivity index (χ2v) is 4.50. The van der Waals surface area contributed by atoms with Crippen LogP contribution in [0.5, 0.6) is 0 Å². The summed E-state index contributed by atoms with van der Waals surface area (Å²) in [5, 5.41) is 8.62. The van der Waals surface area contributed by atoms with Gasteiger partial charge in [0.1, 0.15) is 0 Å². The van der Waals surface area contributed by atoms with Gasteiger partial charge in [0.2, 0.25) is 0 Å². The zero-order chi connectivity index (χ0) is 12.6. The van der Waals surface area contributed by atoms with Gasteiger partial charge in [-0.15, -0.1) is 0 Å². The van der Waals surface area contributed by atoms with Crippen molar-refractivity contribution in [1.29, 1.82) is 0 Å². The Morgan fingerprint density at radius 2 is 1.72 bits per heavy atom. The van der Waals surface area contributed by atoms with Crippen LogP contribution in [0.15, 0.2) is 30.3 Å². The van der Waals surface area contributed by atoms with Crippen molar-refractivity contribution in [1.82, 2.24) is 4.90 Å². The average Bonchev–Trinajstić information content (AvgIpc) is 2.45. The molecule has 0 atom stereocenters. The maximum atomic E-state index is 8.62. The van der Waals surface area contributed by atoms with E-state index in [1.807, 2.05) is 0 Å². The number of ether oxygens (including phenoxy) is 1. The third-order valence-corrected chi connectivity index (χ3v) is 3.28. The van der Waals surface area contributed by atoms with E-state index in [9.17, 15) is 0 Å². The normalized spacial score (nSPS) is 17.1. The summed E-state index contributed by atoms with van der Waals surface area (Å²) in [4.78, 5) is 4.84. The minimum atomic E-state index is 0.113. The van der Waals surface area contributed by atoms with Crippen molar-refractivity contribution in [2.45, 2.75) is 0 Å². The molecule has 100 valence electrons. The molecule has 1 aliphatic heterocycles. The van der Waals surface area contributed by atoms with Crippen LogP contribution in [-0.2, 0) is 4.74 Å². The minimum Gasteiger partial charge on any atom is -0.394 e. The molecule has 1 saturated heterocycles. The molecule has 4 nitrogen and oxygen atoms in total. The maximum absolute atomic E-state index is 8.62. The van der Waals surface area contributed by atoms with Crippen LogP contribution >= 0.6 is 0 Å². The van der Waals surface area contributed by atoms with Crippen LogP contribution in [-0.4, -0.2) is 62.6 Å². The number of hydrogen-bond donors (Lipinski definition) is 1. The first-order chi connectivity index (χ1) is 8.90. The highest BCUT2D eigenvalue weighted by Gasteiger charge is 2.16. The molecule has 2 rings (SSSR count). The summed E-state index contributed by atoms with van der Waals surface area (Å²) in [6, 6.07) is 10.6. The molecule has 0 aliphatic carbocycles. The number of anilines is 1. The SMILES string of the molecule is OCCOCCN1CCN(c2ccccc2)CC1. The zero-order valence-corrected chi connectivity index (χ0v) is 10.8. The first kappa shape index (κ1) is 13.3. The first-order valence-corrected chi connectivity index (χ1v) is 6.61. The fourth-order valence-electron chi connectivity index (χ4n) is 2.23. The van der Waals surface area contributed by atoms with E-state index in [-0.39, 0.29) is 6.61 Å². The van der Waals surface area contributed by atoms with E-state index in [2.05, 4.69) is 40.1 Å². The largest absolute Gasteiger partial charge is 0.394 e. The summed E-state index contributed by atoms with van der Waals surface area (Å²) >= 11 is 0. The highest BCUT2D eigenvalue weighted by atomic mass is 16.5. The van der Waals surface area contributed by atoms with Crippen molar-refractivity contribution < 1.29 is 9.84 Å². The fraction of sp³-hybridized carbons (Fsp3) is 0.571. The fourth-order valence-corrected chi connectivity index (χ4v) is 2.23. The molecule has 0 amide bonds. The molecule has 1 aromatic rings. The van der Waals surface area contributed by atoms with E-state index in [1.165, 1.54) is 5.69 Å². The Morgan fingerprint density at radius 3 is 2.39 bits per heavy atom. The summed E-state index contributed by atoms with van der Waals surface area (Å²) in [6.45, 7) is 6.54. The Labute approximate surface area is 109 Å². The highest BCUT2D eigenvalue weighted by molar-refractivity contribution is 5.46. The van der Waals surface area contributed by atoms with Gasteiger partial charge in [-0.1, -0.05) is 18.2 Å². The molecule has 1 heterocycles. The van der Waals surface area contributed by atoms with Crippen LogP contribution in [0.2, 0.25) is 0 Å². The summed E-state index contributed by atoms with van der Waals surface area (Å²) in [6.07, 6.45) is 0. The monoisotopic (exact) mass is 250 g/mol. The molecule has 0 radical (unpaired) electrons. The average molecular weight is 250 g/mol. The van der Waals surface area contributed by atoms with Crippen LogP contribution < -0.4 is 4.90 Å². The van der Waals surface area contributed by atoms with E-state index in [4.69, 9.17) is 9.84 Å². The van der Waals surface area contributed by atoms with Gasteiger partial charge in [-0.25, -0.2) is 0 Å². The summed E-state index contributed by atoms with van der Waals surface area (Å²) in [5.74, 6) is 0. The molecule has 18 heavy (non-hydrogen) atoms. The molecule has 0 saturated carbocycles. The highest BCUT2D eigenvalue weighted by Crippen LogP contribution is 2.15. The van der Waals surface area contributed by atoms with Gasteiger partial charge in [0.25, 0.3) is 0 Å². The van der Waals surface area contributed by atoms with Gasteiger partial charge in [0.15, 0.2) is 0 Å². The number of nitrogens with zero attached hydrogens (tertiary/aromatic N) is 2. The Balaban J connectivity index is 1.68. The lowest BCUT2D eigenvalue weighted by Crippen LogP contribution is -2.47. The van der Waals surface area contributed by atoms with E-state index in [1.54, 1.807) is 0 Å². The Morgan fingerprint density at radius 1 is 1.00 bits per heavy atom. The van der Waals surface area contributed by atoms with Crippen LogP contribution in [0, 0.1) is 0 Å². The number of aliphatic hydroxyl groups is 1. The molecule has 0 bridgehead atoms. The predicted octanol–water partition coefficient (Wildman–Crippen LogP) is 0.817. The van der Waals surface area contributed by atoms with Crippen molar-refractivity contribution in [3.05, 3.63) is 30.3 Å². The molecular formula is C14H22N2O2. The standard InChI is InChI=1S/C14H22N2O2/c17-11-13-18-12-10-15-6-8-16(9-7-15)14-4-2-1-3-5-14/h1-5,17H,6-13H2. The molecule has 0 unspecified atom stereocenters. The van der Waals surface area contributed by atoms with Gasteiger partial charge in [-0.3, -0.25) is 4.90 Å². The number of aliphatic hydroxyl groups excluding tert-OH is 1. The third-order valence-electron chi connectivity index (χ3n) is 3.28. The summed E-state index contributed by atoms with van der Waals surface area (Å²) in [5.41, 5.74) is 1.31. The zero-order valence-electron chi connectivity index (χ0n) is 10.8.